The number of nitrogens with zero attached hydrogens (tertiary/aromatic N) is 2. The van der Waals surface area contributed by atoms with Gasteiger partial charge in [-0.3, -0.25) is 4.99 Å². The predicted octanol–water partition coefficient (Wildman–Crippen LogP) is 5.87. The first-order valence-corrected chi connectivity index (χ1v) is 9.46. The van der Waals surface area contributed by atoms with Crippen molar-refractivity contribution in [2.75, 3.05) is 18.6 Å². The van der Waals surface area contributed by atoms with Crippen LogP contribution in [0.1, 0.15) is 56.7 Å². The van der Waals surface area contributed by atoms with Gasteiger partial charge in [0.05, 0.1) is 12.8 Å². The van der Waals surface area contributed by atoms with Gasteiger partial charge in [0.25, 0.3) is 0 Å². The van der Waals surface area contributed by atoms with Crippen molar-refractivity contribution in [1.29, 1.82) is 0 Å². The molecule has 3 heteroatoms. The largest absolute Gasteiger partial charge is 0.496 e. The Kier molecular flexibility index (Phi) is 5.08. The fourth-order valence-corrected chi connectivity index (χ4v) is 4.18. The quantitative estimate of drug-likeness (QED) is 0.645. The van der Waals surface area contributed by atoms with Crippen LogP contribution in [0.25, 0.3) is 0 Å². The molecular formula is C23H30N2O. The first-order valence-electron chi connectivity index (χ1n) is 9.46. The maximum absolute atomic E-state index is 5.70. The highest BCUT2D eigenvalue weighted by atomic mass is 16.5. The molecule has 0 saturated heterocycles. The molecule has 2 aromatic rings. The minimum Gasteiger partial charge on any atom is -0.496 e. The molecule has 1 heterocycles. The number of aliphatic imine (C=N–C) groups is 1. The van der Waals surface area contributed by atoms with E-state index in [0.717, 1.165) is 30.0 Å². The van der Waals surface area contributed by atoms with Gasteiger partial charge in [0.15, 0.2) is 0 Å². The fourth-order valence-electron chi connectivity index (χ4n) is 4.18. The predicted molar refractivity (Wildman–Crippen MR) is 112 cm³/mol. The molecule has 0 bridgehead atoms. The highest BCUT2D eigenvalue weighted by Gasteiger charge is 2.36. The van der Waals surface area contributed by atoms with Crippen molar-refractivity contribution < 1.29 is 4.74 Å². The second kappa shape index (κ2) is 7.14. The Labute approximate surface area is 157 Å². The van der Waals surface area contributed by atoms with Crippen molar-refractivity contribution in [3.8, 4) is 5.75 Å². The summed E-state index contributed by atoms with van der Waals surface area (Å²) < 4.78 is 5.70. The molecule has 0 N–H and O–H groups in total. The number of hydrogen-bond acceptors (Lipinski definition) is 3. The average molecular weight is 351 g/mol. The van der Waals surface area contributed by atoms with Crippen LogP contribution >= 0.6 is 0 Å². The number of methoxy groups -OCH3 is 1. The third kappa shape index (κ3) is 3.48. The van der Waals surface area contributed by atoms with E-state index in [0.29, 0.717) is 5.92 Å². The minimum atomic E-state index is 0.156. The molecule has 1 aliphatic heterocycles. The van der Waals surface area contributed by atoms with Gasteiger partial charge in [-0.2, -0.15) is 0 Å². The van der Waals surface area contributed by atoms with Gasteiger partial charge in [0.1, 0.15) is 5.75 Å². The Hall–Kier alpha value is -2.29. The first kappa shape index (κ1) is 18.5. The van der Waals surface area contributed by atoms with Crippen LogP contribution in [0.5, 0.6) is 5.75 Å². The van der Waals surface area contributed by atoms with Gasteiger partial charge >= 0.3 is 0 Å². The van der Waals surface area contributed by atoms with Crippen molar-refractivity contribution in [1.82, 2.24) is 0 Å². The number of benzene rings is 2. The summed E-state index contributed by atoms with van der Waals surface area (Å²) in [6.45, 7) is 12.3. The highest BCUT2D eigenvalue weighted by Crippen LogP contribution is 2.45. The third-order valence-corrected chi connectivity index (χ3v) is 5.44. The van der Waals surface area contributed by atoms with Crippen molar-refractivity contribution in [2.24, 2.45) is 4.99 Å². The van der Waals surface area contributed by atoms with Gasteiger partial charge in [-0.15, -0.1) is 0 Å². The standard InChI is InChI=1S/C23H30N2O/c1-7-25-21-13-22(26-6)18(12-20(21)17(3)14-23(25,4)5)15-24-19-10-8-16(2)9-11-19/h8-13,15,17H,7,14H2,1-6H3. The Morgan fingerprint density at radius 1 is 1.23 bits per heavy atom. The summed E-state index contributed by atoms with van der Waals surface area (Å²) in [6.07, 6.45) is 3.07. The molecule has 0 fully saturated rings. The summed E-state index contributed by atoms with van der Waals surface area (Å²) in [6, 6.07) is 12.7. The van der Waals surface area contributed by atoms with Crippen LogP contribution in [-0.4, -0.2) is 25.4 Å². The van der Waals surface area contributed by atoms with Crippen LogP contribution in [0.15, 0.2) is 41.4 Å². The van der Waals surface area contributed by atoms with Crippen LogP contribution in [0, 0.1) is 6.92 Å². The number of aryl methyl sites for hydroxylation is 1. The molecular weight excluding hydrogens is 320 g/mol. The molecule has 1 atom stereocenters. The lowest BCUT2D eigenvalue weighted by Crippen LogP contribution is -2.48. The second-order valence-electron chi connectivity index (χ2n) is 7.91. The molecule has 0 spiro atoms. The normalized spacial score (nSPS) is 18.8. The molecule has 0 amide bonds. The Morgan fingerprint density at radius 2 is 1.92 bits per heavy atom. The molecule has 26 heavy (non-hydrogen) atoms. The van der Waals surface area contributed by atoms with Gasteiger partial charge in [-0.05, 0) is 63.8 Å². The molecule has 3 nitrogen and oxygen atoms in total. The number of fused-ring (bicyclic) bond motifs is 1. The summed E-state index contributed by atoms with van der Waals surface area (Å²) >= 11 is 0. The number of hydrogen-bond donors (Lipinski definition) is 0. The maximum atomic E-state index is 5.70. The average Bonchev–Trinajstić information content (AvgIpc) is 2.60. The molecule has 1 unspecified atom stereocenters. The number of anilines is 1. The third-order valence-electron chi connectivity index (χ3n) is 5.44. The molecule has 0 aromatic heterocycles. The molecule has 3 rings (SSSR count). The Morgan fingerprint density at radius 3 is 2.54 bits per heavy atom. The van der Waals surface area contributed by atoms with Crippen molar-refractivity contribution in [3.05, 3.63) is 53.1 Å². The van der Waals surface area contributed by atoms with Gasteiger partial charge in [0.2, 0.25) is 0 Å². The van der Waals surface area contributed by atoms with E-state index in [1.165, 1.54) is 16.8 Å². The number of ether oxygens (including phenoxy) is 1. The zero-order chi connectivity index (χ0) is 18.9. The summed E-state index contributed by atoms with van der Waals surface area (Å²) in [5.74, 6) is 1.39. The van der Waals surface area contributed by atoms with E-state index in [2.05, 4.69) is 68.8 Å². The van der Waals surface area contributed by atoms with Crippen molar-refractivity contribution in [3.63, 3.8) is 0 Å². The van der Waals surface area contributed by atoms with Gasteiger partial charge in [-0.1, -0.05) is 24.6 Å². The van der Waals surface area contributed by atoms with Gasteiger partial charge < -0.3 is 9.64 Å². The Balaban J connectivity index is 2.03. The van der Waals surface area contributed by atoms with Gasteiger partial charge in [0, 0.05) is 35.6 Å². The smallest absolute Gasteiger partial charge is 0.129 e. The Bertz CT molecular complexity index is 806. The highest BCUT2D eigenvalue weighted by molar-refractivity contribution is 5.87. The maximum Gasteiger partial charge on any atom is 0.129 e. The lowest BCUT2D eigenvalue weighted by Gasteiger charge is -2.47. The van der Waals surface area contributed by atoms with E-state index in [1.54, 1.807) is 7.11 Å². The summed E-state index contributed by atoms with van der Waals surface area (Å²) in [7, 11) is 1.73. The van der Waals surface area contributed by atoms with E-state index >= 15 is 0 Å². The molecule has 1 aliphatic rings. The summed E-state index contributed by atoms with van der Waals surface area (Å²) in [4.78, 5) is 7.14. The van der Waals surface area contributed by atoms with E-state index in [-0.39, 0.29) is 5.54 Å². The van der Waals surface area contributed by atoms with Crippen LogP contribution in [0.4, 0.5) is 11.4 Å². The van der Waals surface area contributed by atoms with Gasteiger partial charge in [-0.25, -0.2) is 0 Å². The molecule has 0 saturated carbocycles. The summed E-state index contributed by atoms with van der Waals surface area (Å²) in [5, 5.41) is 0. The molecule has 0 aliphatic carbocycles. The SMILES string of the molecule is CCN1c2cc(OC)c(C=Nc3ccc(C)cc3)cc2C(C)CC1(C)C. The van der Waals surface area contributed by atoms with E-state index < -0.39 is 0 Å². The topological polar surface area (TPSA) is 24.8 Å². The number of rotatable bonds is 4. The summed E-state index contributed by atoms with van der Waals surface area (Å²) in [5.41, 5.74) is 6.07. The van der Waals surface area contributed by atoms with Crippen molar-refractivity contribution >= 4 is 17.6 Å². The molecule has 0 radical (unpaired) electrons. The van der Waals surface area contributed by atoms with Crippen LogP contribution in [-0.2, 0) is 0 Å². The van der Waals surface area contributed by atoms with E-state index in [1.807, 2.05) is 18.3 Å². The van der Waals surface area contributed by atoms with E-state index in [4.69, 9.17) is 4.74 Å². The molecule has 2 aromatic carbocycles. The first-order chi connectivity index (χ1) is 12.4. The molecule has 138 valence electrons. The van der Waals surface area contributed by atoms with Crippen LogP contribution in [0.3, 0.4) is 0 Å². The fraction of sp³-hybridized carbons (Fsp3) is 0.435. The zero-order valence-electron chi connectivity index (χ0n) is 16.8. The lowest BCUT2D eigenvalue weighted by molar-refractivity contribution is 0.377. The van der Waals surface area contributed by atoms with Crippen molar-refractivity contribution in [2.45, 2.75) is 52.5 Å². The van der Waals surface area contributed by atoms with Crippen LogP contribution < -0.4 is 9.64 Å². The lowest BCUT2D eigenvalue weighted by atomic mass is 9.79. The monoisotopic (exact) mass is 350 g/mol. The second-order valence-corrected chi connectivity index (χ2v) is 7.91. The van der Waals surface area contributed by atoms with Crippen LogP contribution in [0.2, 0.25) is 0 Å². The van der Waals surface area contributed by atoms with E-state index in [9.17, 15) is 0 Å². The zero-order valence-corrected chi connectivity index (χ0v) is 16.8. The minimum absolute atomic E-state index is 0.156.